The number of aromatic nitrogens is 1. The third-order valence-corrected chi connectivity index (χ3v) is 3.60. The molecular formula is C18H23N3O4. The van der Waals surface area contributed by atoms with Crippen molar-refractivity contribution in [2.75, 3.05) is 12.3 Å². The van der Waals surface area contributed by atoms with Crippen molar-refractivity contribution < 1.29 is 19.7 Å². The van der Waals surface area contributed by atoms with Gasteiger partial charge in [-0.25, -0.2) is 9.78 Å². The van der Waals surface area contributed by atoms with E-state index in [1.807, 2.05) is 37.3 Å². The minimum atomic E-state index is -1.18. The number of aryl methyl sites for hydroxylation is 1. The van der Waals surface area contributed by atoms with Gasteiger partial charge in [-0.3, -0.25) is 0 Å². The Morgan fingerprint density at radius 2 is 2.00 bits per heavy atom. The summed E-state index contributed by atoms with van der Waals surface area (Å²) in [5, 5.41) is 22.7. The molecular weight excluding hydrogens is 322 g/mol. The molecule has 2 atom stereocenters. The topological polar surface area (TPSA) is 118 Å². The number of nitrogens with zero attached hydrogens (tertiary/aromatic N) is 1. The van der Waals surface area contributed by atoms with Crippen LogP contribution < -0.4 is 11.1 Å². The molecule has 0 aliphatic carbocycles. The van der Waals surface area contributed by atoms with Gasteiger partial charge in [0.2, 0.25) is 0 Å². The van der Waals surface area contributed by atoms with E-state index < -0.39 is 18.3 Å². The lowest BCUT2D eigenvalue weighted by Gasteiger charge is -2.18. The van der Waals surface area contributed by atoms with Crippen molar-refractivity contribution in [1.29, 1.82) is 0 Å². The van der Waals surface area contributed by atoms with E-state index in [1.165, 1.54) is 0 Å². The predicted molar refractivity (Wildman–Crippen MR) is 93.6 cm³/mol. The van der Waals surface area contributed by atoms with Crippen LogP contribution in [0.15, 0.2) is 42.5 Å². The Morgan fingerprint density at radius 1 is 1.28 bits per heavy atom. The van der Waals surface area contributed by atoms with Crippen LogP contribution in [0.2, 0.25) is 0 Å². The van der Waals surface area contributed by atoms with E-state index in [1.54, 1.807) is 12.1 Å². The number of hydrogen-bond donors (Lipinski definition) is 4. The van der Waals surface area contributed by atoms with Crippen LogP contribution in [0, 0.1) is 6.92 Å². The Hall–Kier alpha value is -2.64. The fourth-order valence-corrected chi connectivity index (χ4v) is 2.32. The first kappa shape index (κ1) is 18.7. The number of hydrogen-bond acceptors (Lipinski definition) is 6. The molecule has 7 nitrogen and oxygen atoms in total. The molecule has 2 aromatic rings. The van der Waals surface area contributed by atoms with Gasteiger partial charge in [0.15, 0.2) is 0 Å². The van der Waals surface area contributed by atoms with Gasteiger partial charge >= 0.3 is 6.09 Å². The maximum absolute atomic E-state index is 11.6. The second-order valence-electron chi connectivity index (χ2n) is 5.78. The molecule has 2 unspecified atom stereocenters. The number of rotatable bonds is 7. The van der Waals surface area contributed by atoms with Crippen LogP contribution in [-0.2, 0) is 11.3 Å². The third kappa shape index (κ3) is 6.06. The predicted octanol–water partition coefficient (Wildman–Crippen LogP) is 1.68. The van der Waals surface area contributed by atoms with Crippen molar-refractivity contribution in [3.8, 4) is 0 Å². The normalized spacial score (nSPS) is 13.1. The molecule has 25 heavy (non-hydrogen) atoms. The van der Waals surface area contributed by atoms with Gasteiger partial charge in [0.1, 0.15) is 18.5 Å². The Kier molecular flexibility index (Phi) is 6.73. The number of carbonyl (C=O) groups is 1. The molecule has 1 heterocycles. The number of aliphatic hydroxyl groups is 2. The van der Waals surface area contributed by atoms with Crippen LogP contribution in [0.25, 0.3) is 0 Å². The average Bonchev–Trinajstić information content (AvgIpc) is 2.59. The quantitative estimate of drug-likeness (QED) is 0.606. The summed E-state index contributed by atoms with van der Waals surface area (Å²) in [7, 11) is 0. The van der Waals surface area contributed by atoms with Crippen molar-refractivity contribution in [3.63, 3.8) is 0 Å². The van der Waals surface area contributed by atoms with Crippen molar-refractivity contribution in [3.05, 3.63) is 59.3 Å². The summed E-state index contributed by atoms with van der Waals surface area (Å²) in [5.74, 6) is 0.281. The number of nitrogens with two attached hydrogens (primary N) is 1. The number of amides is 1. The van der Waals surface area contributed by atoms with Gasteiger partial charge in [-0.2, -0.15) is 0 Å². The monoisotopic (exact) mass is 345 g/mol. The minimum absolute atomic E-state index is 0.150. The summed E-state index contributed by atoms with van der Waals surface area (Å²) in [6.07, 6.45) is -2.69. The summed E-state index contributed by atoms with van der Waals surface area (Å²) in [4.78, 5) is 15.6. The number of nitrogens with one attached hydrogen (secondary N) is 1. The van der Waals surface area contributed by atoms with Crippen molar-refractivity contribution in [2.24, 2.45) is 0 Å². The molecule has 0 bridgehead atoms. The van der Waals surface area contributed by atoms with Crippen LogP contribution in [0.4, 0.5) is 10.6 Å². The van der Waals surface area contributed by atoms with Gasteiger partial charge < -0.3 is 26.0 Å². The zero-order valence-corrected chi connectivity index (χ0v) is 14.1. The van der Waals surface area contributed by atoms with Crippen molar-refractivity contribution in [2.45, 2.75) is 32.2 Å². The molecule has 0 fully saturated rings. The van der Waals surface area contributed by atoms with E-state index in [4.69, 9.17) is 10.5 Å². The molecule has 1 amide bonds. The standard InChI is InChI=1S/C18H23N3O4/c1-12-9-14(21-16(19)10-12)17(23)15(22)7-8-20-18(24)25-11-13-5-3-2-4-6-13/h2-6,9-10,15,17,22-23H,7-8,11H2,1H3,(H2,19,21)(H,20,24). The molecule has 0 aliphatic rings. The molecule has 0 spiro atoms. The molecule has 0 saturated carbocycles. The highest BCUT2D eigenvalue weighted by Crippen LogP contribution is 2.19. The summed E-state index contributed by atoms with van der Waals surface area (Å²) in [6, 6.07) is 12.6. The van der Waals surface area contributed by atoms with E-state index >= 15 is 0 Å². The minimum Gasteiger partial charge on any atom is -0.445 e. The van der Waals surface area contributed by atoms with Crippen LogP contribution in [0.3, 0.4) is 0 Å². The number of benzene rings is 1. The van der Waals surface area contributed by atoms with E-state index in [2.05, 4.69) is 10.3 Å². The Morgan fingerprint density at radius 3 is 2.68 bits per heavy atom. The summed E-state index contributed by atoms with van der Waals surface area (Å²) < 4.78 is 5.06. The lowest BCUT2D eigenvalue weighted by Crippen LogP contribution is -2.30. The highest BCUT2D eigenvalue weighted by atomic mass is 16.5. The van der Waals surface area contributed by atoms with Crippen LogP contribution in [-0.4, -0.2) is 33.9 Å². The number of aliphatic hydroxyl groups excluding tert-OH is 2. The first-order valence-electron chi connectivity index (χ1n) is 8.00. The van der Waals surface area contributed by atoms with Crippen LogP contribution in [0.1, 0.15) is 29.3 Å². The number of alkyl carbamates (subject to hydrolysis) is 1. The summed E-state index contributed by atoms with van der Waals surface area (Å²) in [5.41, 5.74) is 7.67. The van der Waals surface area contributed by atoms with E-state index in [-0.39, 0.29) is 25.4 Å². The van der Waals surface area contributed by atoms with Crippen molar-refractivity contribution in [1.82, 2.24) is 10.3 Å². The molecule has 2 rings (SSSR count). The van der Waals surface area contributed by atoms with Gasteiger partial charge in [0, 0.05) is 6.54 Å². The first-order valence-corrected chi connectivity index (χ1v) is 8.00. The summed E-state index contributed by atoms with van der Waals surface area (Å²) >= 11 is 0. The number of ether oxygens (including phenoxy) is 1. The fourth-order valence-electron chi connectivity index (χ4n) is 2.32. The molecule has 0 aliphatic heterocycles. The average molecular weight is 345 g/mol. The smallest absolute Gasteiger partial charge is 0.407 e. The molecule has 1 aromatic carbocycles. The van der Waals surface area contributed by atoms with E-state index in [9.17, 15) is 15.0 Å². The Bertz CT molecular complexity index is 674. The largest absolute Gasteiger partial charge is 0.445 e. The maximum Gasteiger partial charge on any atom is 0.407 e. The van der Waals surface area contributed by atoms with E-state index in [0.29, 0.717) is 5.69 Å². The molecule has 7 heteroatoms. The maximum atomic E-state index is 11.6. The van der Waals surface area contributed by atoms with Gasteiger partial charge in [-0.15, -0.1) is 0 Å². The highest BCUT2D eigenvalue weighted by molar-refractivity contribution is 5.67. The second kappa shape index (κ2) is 9.00. The van der Waals surface area contributed by atoms with Gasteiger partial charge in [0.05, 0.1) is 11.8 Å². The van der Waals surface area contributed by atoms with E-state index in [0.717, 1.165) is 11.1 Å². The van der Waals surface area contributed by atoms with Crippen LogP contribution in [0.5, 0.6) is 0 Å². The van der Waals surface area contributed by atoms with Crippen LogP contribution >= 0.6 is 0 Å². The number of nitrogen functional groups attached to an aromatic ring is 1. The van der Waals surface area contributed by atoms with Crippen molar-refractivity contribution >= 4 is 11.9 Å². The molecule has 0 saturated heterocycles. The lowest BCUT2D eigenvalue weighted by atomic mass is 10.1. The highest BCUT2D eigenvalue weighted by Gasteiger charge is 2.20. The zero-order valence-electron chi connectivity index (χ0n) is 14.1. The van der Waals surface area contributed by atoms with Gasteiger partial charge in [-0.1, -0.05) is 30.3 Å². The number of anilines is 1. The Labute approximate surface area is 146 Å². The molecule has 0 radical (unpaired) electrons. The second-order valence-corrected chi connectivity index (χ2v) is 5.78. The molecule has 134 valence electrons. The fraction of sp³-hybridized carbons (Fsp3) is 0.333. The van der Waals surface area contributed by atoms with Gasteiger partial charge in [0.25, 0.3) is 0 Å². The van der Waals surface area contributed by atoms with Gasteiger partial charge in [-0.05, 0) is 36.6 Å². The molecule has 1 aromatic heterocycles. The number of pyridine rings is 1. The third-order valence-electron chi connectivity index (χ3n) is 3.60. The lowest BCUT2D eigenvalue weighted by molar-refractivity contribution is 0.0112. The first-order chi connectivity index (χ1) is 12.0. The zero-order chi connectivity index (χ0) is 18.2. The number of carbonyl (C=O) groups excluding carboxylic acids is 1. The Balaban J connectivity index is 1.73. The SMILES string of the molecule is Cc1cc(N)nc(C(O)C(O)CCNC(=O)OCc2ccccc2)c1. The summed E-state index contributed by atoms with van der Waals surface area (Å²) in [6.45, 7) is 2.16. The molecule has 5 N–H and O–H groups in total.